The first-order valence-electron chi connectivity index (χ1n) is 11.1. The number of hydrogen-bond acceptors (Lipinski definition) is 0. The maximum atomic E-state index is 2.38. The number of fused-ring (bicyclic) bond motifs is 8. The molecule has 146 valence electrons. The summed E-state index contributed by atoms with van der Waals surface area (Å²) in [6.07, 6.45) is 2.02. The van der Waals surface area contributed by atoms with Crippen LogP contribution in [0.2, 0.25) is 0 Å². The first-order valence-corrected chi connectivity index (χ1v) is 11.1. The summed E-state index contributed by atoms with van der Waals surface area (Å²) in [7, 11) is 0. The van der Waals surface area contributed by atoms with Crippen LogP contribution < -0.4 is 0 Å². The molecule has 0 amide bonds. The van der Waals surface area contributed by atoms with Gasteiger partial charge in [0.2, 0.25) is 0 Å². The van der Waals surface area contributed by atoms with Crippen LogP contribution in [0, 0.1) is 0 Å². The molecule has 0 aliphatic heterocycles. The molecule has 4 aromatic carbocycles. The molecule has 6 rings (SSSR count). The fraction of sp³-hybridized carbons (Fsp3) is 0.200. The predicted molar refractivity (Wildman–Crippen MR) is 124 cm³/mol. The summed E-state index contributed by atoms with van der Waals surface area (Å²) in [5, 5.41) is 0. The lowest BCUT2D eigenvalue weighted by Crippen LogP contribution is -2.41. The molecule has 0 bridgehead atoms. The number of rotatable bonds is 1. The second-order valence-corrected chi connectivity index (χ2v) is 9.11. The molecule has 1 spiro atoms. The average molecular weight is 387 g/mol. The Labute approximate surface area is 179 Å². The van der Waals surface area contributed by atoms with Gasteiger partial charge in [0.05, 0.1) is 5.41 Å². The maximum absolute atomic E-state index is 2.38. The van der Waals surface area contributed by atoms with Crippen LogP contribution in [0.15, 0.2) is 91.0 Å². The van der Waals surface area contributed by atoms with Crippen molar-refractivity contribution in [3.63, 3.8) is 0 Å². The van der Waals surface area contributed by atoms with E-state index in [0.717, 1.165) is 12.8 Å². The van der Waals surface area contributed by atoms with Crippen LogP contribution in [0.5, 0.6) is 0 Å². The molecule has 0 N–H and O–H groups in total. The summed E-state index contributed by atoms with van der Waals surface area (Å²) in [6, 6.07) is 34.4. The molecule has 4 aromatic rings. The highest BCUT2D eigenvalue weighted by atomic mass is 14.5. The highest BCUT2D eigenvalue weighted by Gasteiger charge is 2.48. The maximum Gasteiger partial charge on any atom is 0.0715 e. The van der Waals surface area contributed by atoms with Gasteiger partial charge in [-0.25, -0.2) is 0 Å². The summed E-state index contributed by atoms with van der Waals surface area (Å²) < 4.78 is 0. The van der Waals surface area contributed by atoms with Gasteiger partial charge in [0, 0.05) is 0 Å². The van der Waals surface area contributed by atoms with E-state index in [1.54, 1.807) is 0 Å². The molecule has 0 unspecified atom stereocenters. The lowest BCUT2D eigenvalue weighted by Gasteiger charge is -2.47. The quantitative estimate of drug-likeness (QED) is 0.285. The van der Waals surface area contributed by atoms with Crippen LogP contribution in [0.1, 0.15) is 69.8 Å². The van der Waals surface area contributed by atoms with Crippen molar-refractivity contribution in [2.24, 2.45) is 0 Å². The average Bonchev–Trinajstić information content (AvgIpc) is 2.78. The molecule has 0 aromatic heterocycles. The van der Waals surface area contributed by atoms with Gasteiger partial charge in [-0.3, -0.25) is 0 Å². The van der Waals surface area contributed by atoms with Crippen molar-refractivity contribution in [3.05, 3.63) is 141 Å². The summed E-state index contributed by atoms with van der Waals surface area (Å²) in [4.78, 5) is 0. The van der Waals surface area contributed by atoms with E-state index in [2.05, 4.69) is 105 Å². The van der Waals surface area contributed by atoms with Gasteiger partial charge in [-0.15, -0.1) is 0 Å². The monoisotopic (exact) mass is 386 g/mol. The van der Waals surface area contributed by atoms with Gasteiger partial charge < -0.3 is 0 Å². The van der Waals surface area contributed by atoms with E-state index in [-0.39, 0.29) is 5.41 Å². The molecule has 0 atom stereocenters. The van der Waals surface area contributed by atoms with E-state index in [0.29, 0.717) is 5.92 Å². The van der Waals surface area contributed by atoms with Crippen LogP contribution in [-0.2, 0) is 18.3 Å². The third kappa shape index (κ3) is 2.22. The van der Waals surface area contributed by atoms with Crippen molar-refractivity contribution >= 4 is 0 Å². The highest BCUT2D eigenvalue weighted by Crippen LogP contribution is 2.56. The van der Waals surface area contributed by atoms with Gasteiger partial charge in [0.25, 0.3) is 0 Å². The largest absolute Gasteiger partial charge is 0.0715 e. The van der Waals surface area contributed by atoms with Crippen LogP contribution in [0.3, 0.4) is 0 Å². The SMILES string of the molecule is CC(C)c1cccc2c1C1(c3ccccc3Cc3ccccc31)c1ccccc1C2. The Morgan fingerprint density at radius 2 is 0.967 bits per heavy atom. The minimum absolute atomic E-state index is 0.240. The summed E-state index contributed by atoms with van der Waals surface area (Å²) in [6.45, 7) is 4.68. The van der Waals surface area contributed by atoms with E-state index >= 15 is 0 Å². The van der Waals surface area contributed by atoms with E-state index in [1.807, 2.05) is 0 Å². The van der Waals surface area contributed by atoms with E-state index in [9.17, 15) is 0 Å². The van der Waals surface area contributed by atoms with Gasteiger partial charge in [-0.1, -0.05) is 105 Å². The zero-order valence-electron chi connectivity index (χ0n) is 17.7. The molecule has 0 nitrogen and oxygen atoms in total. The highest BCUT2D eigenvalue weighted by molar-refractivity contribution is 5.72. The molecular formula is C30H26. The molecule has 0 heteroatoms. The third-order valence-corrected chi connectivity index (χ3v) is 7.21. The second-order valence-electron chi connectivity index (χ2n) is 9.11. The second kappa shape index (κ2) is 6.44. The van der Waals surface area contributed by atoms with Crippen LogP contribution in [0.25, 0.3) is 0 Å². The van der Waals surface area contributed by atoms with Gasteiger partial charge in [-0.05, 0) is 68.8 Å². The summed E-state index contributed by atoms with van der Waals surface area (Å²) in [5.41, 5.74) is 13.0. The topological polar surface area (TPSA) is 0 Å². The molecule has 0 radical (unpaired) electrons. The molecule has 0 heterocycles. The van der Waals surface area contributed by atoms with Crippen molar-refractivity contribution in [1.82, 2.24) is 0 Å². The van der Waals surface area contributed by atoms with E-state index < -0.39 is 0 Å². The summed E-state index contributed by atoms with van der Waals surface area (Å²) in [5.74, 6) is 0.475. The minimum Gasteiger partial charge on any atom is -0.0620 e. The zero-order valence-corrected chi connectivity index (χ0v) is 17.7. The fourth-order valence-corrected chi connectivity index (χ4v) is 6.08. The van der Waals surface area contributed by atoms with Gasteiger partial charge >= 0.3 is 0 Å². The fourth-order valence-electron chi connectivity index (χ4n) is 6.08. The van der Waals surface area contributed by atoms with E-state index in [1.165, 1.54) is 50.1 Å². The molecule has 30 heavy (non-hydrogen) atoms. The van der Waals surface area contributed by atoms with E-state index in [4.69, 9.17) is 0 Å². The number of hydrogen-bond donors (Lipinski definition) is 0. The number of benzene rings is 4. The van der Waals surface area contributed by atoms with Crippen molar-refractivity contribution in [2.75, 3.05) is 0 Å². The van der Waals surface area contributed by atoms with Crippen molar-refractivity contribution in [2.45, 2.75) is 38.0 Å². The molecule has 0 fully saturated rings. The minimum atomic E-state index is -0.240. The standard InChI is InChI=1S/C30H26/c1-20(2)25-14-9-13-24-19-23-12-5-8-17-28(23)30(29(24)25)26-15-6-3-10-21(26)18-22-11-4-7-16-27(22)30/h3-17,20H,18-19H2,1-2H3. The Morgan fingerprint density at radius 1 is 0.533 bits per heavy atom. The Hall–Kier alpha value is -3.12. The molecule has 0 saturated carbocycles. The van der Waals surface area contributed by atoms with Crippen LogP contribution >= 0.6 is 0 Å². The van der Waals surface area contributed by atoms with Crippen LogP contribution in [-0.4, -0.2) is 0 Å². The molecule has 2 aliphatic carbocycles. The smallest absolute Gasteiger partial charge is 0.0620 e. The molecule has 2 aliphatic rings. The Kier molecular flexibility index (Phi) is 3.80. The first kappa shape index (κ1) is 17.7. The Bertz CT molecular complexity index is 1170. The molecule has 0 saturated heterocycles. The lowest BCUT2D eigenvalue weighted by atomic mass is 9.54. The van der Waals surface area contributed by atoms with Crippen molar-refractivity contribution in [3.8, 4) is 0 Å². The van der Waals surface area contributed by atoms with Gasteiger partial charge in [0.1, 0.15) is 0 Å². The zero-order chi connectivity index (χ0) is 20.3. The summed E-state index contributed by atoms with van der Waals surface area (Å²) >= 11 is 0. The third-order valence-electron chi connectivity index (χ3n) is 7.21. The normalized spacial score (nSPS) is 15.3. The van der Waals surface area contributed by atoms with Gasteiger partial charge in [0.15, 0.2) is 0 Å². The predicted octanol–water partition coefficient (Wildman–Crippen LogP) is 7.00. The van der Waals surface area contributed by atoms with Crippen molar-refractivity contribution < 1.29 is 0 Å². The lowest BCUT2D eigenvalue weighted by molar-refractivity contribution is 0.650. The van der Waals surface area contributed by atoms with Crippen LogP contribution in [0.4, 0.5) is 0 Å². The Morgan fingerprint density at radius 3 is 1.47 bits per heavy atom. The van der Waals surface area contributed by atoms with Crippen molar-refractivity contribution in [1.29, 1.82) is 0 Å². The Balaban J connectivity index is 1.87. The first-order chi connectivity index (χ1) is 14.7. The molecular weight excluding hydrogens is 360 g/mol. The van der Waals surface area contributed by atoms with Gasteiger partial charge in [-0.2, -0.15) is 0 Å².